The highest BCUT2D eigenvalue weighted by molar-refractivity contribution is 5.88. The van der Waals surface area contributed by atoms with Gasteiger partial charge in [0.15, 0.2) is 0 Å². The summed E-state index contributed by atoms with van der Waals surface area (Å²) in [6.07, 6.45) is 0. The molecule has 1 aliphatic heterocycles. The van der Waals surface area contributed by atoms with Crippen LogP contribution >= 0.6 is 0 Å². The van der Waals surface area contributed by atoms with E-state index in [4.69, 9.17) is 14.2 Å². The fraction of sp³-hybridized carbons (Fsp3) is 0.122. The second kappa shape index (κ2) is 9.89. The molecule has 0 bridgehead atoms. The molecule has 1 aliphatic carbocycles. The van der Waals surface area contributed by atoms with Gasteiger partial charge in [0.05, 0.1) is 5.41 Å². The molecule has 0 atom stereocenters. The molecule has 0 N–H and O–H groups in total. The van der Waals surface area contributed by atoms with Crippen LogP contribution in [0.15, 0.2) is 121 Å². The zero-order valence-corrected chi connectivity index (χ0v) is 25.3. The lowest BCUT2D eigenvalue weighted by Gasteiger charge is -2.39. The van der Waals surface area contributed by atoms with Crippen molar-refractivity contribution >= 4 is 0 Å². The second-order valence-electron chi connectivity index (χ2n) is 12.0. The Labute approximate surface area is 258 Å². The van der Waals surface area contributed by atoms with E-state index in [0.717, 1.165) is 45.6 Å². The van der Waals surface area contributed by atoms with Gasteiger partial charge in [0.1, 0.15) is 34.5 Å². The lowest BCUT2D eigenvalue weighted by atomic mass is 9.66. The molecule has 1 spiro atoms. The Morgan fingerprint density at radius 2 is 0.818 bits per heavy atom. The molecule has 3 nitrogen and oxygen atoms in total. The van der Waals surface area contributed by atoms with Gasteiger partial charge in [0, 0.05) is 23.3 Å². The molecule has 0 saturated carbocycles. The van der Waals surface area contributed by atoms with Gasteiger partial charge >= 0.3 is 0 Å². The maximum Gasteiger partial charge on any atom is 0.135 e. The molecule has 0 aromatic heterocycles. The Hall–Kier alpha value is -5.28. The van der Waals surface area contributed by atoms with Crippen LogP contribution in [0.3, 0.4) is 0 Å². The van der Waals surface area contributed by atoms with Gasteiger partial charge < -0.3 is 14.2 Å². The van der Waals surface area contributed by atoms with Crippen LogP contribution in [0, 0.1) is 27.7 Å². The van der Waals surface area contributed by atoms with Crippen molar-refractivity contribution in [3.8, 4) is 45.6 Å². The van der Waals surface area contributed by atoms with E-state index in [9.17, 15) is 0 Å². The quantitative estimate of drug-likeness (QED) is 0.210. The van der Waals surface area contributed by atoms with Crippen LogP contribution in [0.4, 0.5) is 0 Å². The van der Waals surface area contributed by atoms with E-state index in [2.05, 4.69) is 125 Å². The van der Waals surface area contributed by atoms with E-state index < -0.39 is 5.41 Å². The molecule has 0 radical (unpaired) electrons. The van der Waals surface area contributed by atoms with E-state index >= 15 is 0 Å². The summed E-state index contributed by atoms with van der Waals surface area (Å²) >= 11 is 0. The lowest BCUT2D eigenvalue weighted by Crippen LogP contribution is -2.32. The molecule has 0 unspecified atom stereocenters. The van der Waals surface area contributed by atoms with Gasteiger partial charge in [-0.25, -0.2) is 0 Å². The summed E-state index contributed by atoms with van der Waals surface area (Å²) < 4.78 is 19.5. The Morgan fingerprint density at radius 3 is 1.27 bits per heavy atom. The maximum absolute atomic E-state index is 6.78. The van der Waals surface area contributed by atoms with Gasteiger partial charge in [-0.15, -0.1) is 0 Å². The van der Waals surface area contributed by atoms with Gasteiger partial charge in [-0.1, -0.05) is 72.8 Å². The summed E-state index contributed by atoms with van der Waals surface area (Å²) in [6, 6.07) is 42.4. The number of rotatable bonds is 4. The number of benzene rings is 6. The predicted octanol–water partition coefficient (Wildman–Crippen LogP) is 11.0. The average molecular weight is 573 g/mol. The lowest BCUT2D eigenvalue weighted by molar-refractivity contribution is 0.420. The molecule has 1 heterocycles. The topological polar surface area (TPSA) is 27.7 Å². The maximum atomic E-state index is 6.78. The second-order valence-corrected chi connectivity index (χ2v) is 12.0. The summed E-state index contributed by atoms with van der Waals surface area (Å²) in [5.41, 5.74) is 11.5. The first-order valence-corrected chi connectivity index (χ1v) is 15.1. The van der Waals surface area contributed by atoms with Gasteiger partial charge in [-0.2, -0.15) is 0 Å². The zero-order valence-electron chi connectivity index (χ0n) is 25.3. The molecule has 0 fully saturated rings. The van der Waals surface area contributed by atoms with Gasteiger partial charge in [0.25, 0.3) is 0 Å². The van der Waals surface area contributed by atoms with E-state index in [0.29, 0.717) is 0 Å². The molecule has 214 valence electrons. The van der Waals surface area contributed by atoms with Crippen LogP contribution in [0.5, 0.6) is 34.5 Å². The fourth-order valence-corrected chi connectivity index (χ4v) is 6.83. The van der Waals surface area contributed by atoms with Crippen LogP contribution in [0.1, 0.15) is 44.5 Å². The summed E-state index contributed by atoms with van der Waals surface area (Å²) in [5, 5.41) is 0. The van der Waals surface area contributed by atoms with Crippen LogP contribution < -0.4 is 14.2 Å². The Balaban J connectivity index is 1.31. The standard InChI is InChI=1S/C41H32O3/c1-25-13-15-29(21-27(25)3)42-31-17-19-37-39(23-31)44-40-24-32(43-30-16-14-26(2)28(4)22-30)18-20-38(40)41(37)35-11-7-5-9-33(35)34-10-6-8-12-36(34)41/h5-24H,1-4H3. The number of hydrogen-bond acceptors (Lipinski definition) is 3. The van der Waals surface area contributed by atoms with Crippen molar-refractivity contribution in [3.05, 3.63) is 166 Å². The molecule has 6 aromatic carbocycles. The first-order chi connectivity index (χ1) is 21.4. The van der Waals surface area contributed by atoms with Crippen LogP contribution in [-0.4, -0.2) is 0 Å². The van der Waals surface area contributed by atoms with Crippen molar-refractivity contribution in [1.29, 1.82) is 0 Å². The highest BCUT2D eigenvalue weighted by atomic mass is 16.5. The van der Waals surface area contributed by atoms with Crippen molar-refractivity contribution in [2.45, 2.75) is 33.1 Å². The monoisotopic (exact) mass is 572 g/mol. The molecule has 6 aromatic rings. The van der Waals surface area contributed by atoms with E-state index in [1.807, 2.05) is 24.3 Å². The molecule has 3 heteroatoms. The smallest absolute Gasteiger partial charge is 0.135 e. The first-order valence-electron chi connectivity index (χ1n) is 15.1. The average Bonchev–Trinajstić information content (AvgIpc) is 3.32. The van der Waals surface area contributed by atoms with Crippen molar-refractivity contribution in [2.75, 3.05) is 0 Å². The predicted molar refractivity (Wildman–Crippen MR) is 176 cm³/mol. The van der Waals surface area contributed by atoms with Gasteiger partial charge in [-0.05, 0) is 109 Å². The molecule has 2 aliphatic rings. The summed E-state index contributed by atoms with van der Waals surface area (Å²) in [7, 11) is 0. The summed E-state index contributed by atoms with van der Waals surface area (Å²) in [4.78, 5) is 0. The van der Waals surface area contributed by atoms with E-state index in [-0.39, 0.29) is 0 Å². The van der Waals surface area contributed by atoms with E-state index in [1.54, 1.807) is 0 Å². The van der Waals surface area contributed by atoms with Crippen LogP contribution in [0.2, 0.25) is 0 Å². The van der Waals surface area contributed by atoms with Crippen molar-refractivity contribution in [2.24, 2.45) is 0 Å². The zero-order chi connectivity index (χ0) is 30.0. The van der Waals surface area contributed by atoms with Crippen LogP contribution in [-0.2, 0) is 5.41 Å². The number of hydrogen-bond donors (Lipinski definition) is 0. The highest BCUT2D eigenvalue weighted by Gasteiger charge is 2.51. The van der Waals surface area contributed by atoms with E-state index in [1.165, 1.54) is 44.5 Å². The SMILES string of the molecule is Cc1ccc(Oc2ccc3c(c2)Oc2cc(Oc4ccc(C)c(C)c4)ccc2C32c3ccccc3-c3ccccc32)cc1C. The molecule has 44 heavy (non-hydrogen) atoms. The van der Waals surface area contributed by atoms with Gasteiger partial charge in [0.2, 0.25) is 0 Å². The van der Waals surface area contributed by atoms with Crippen molar-refractivity contribution in [1.82, 2.24) is 0 Å². The normalized spacial score (nSPS) is 13.4. The number of ether oxygens (including phenoxy) is 3. The first kappa shape index (κ1) is 26.4. The minimum absolute atomic E-state index is 0.548. The number of fused-ring (bicyclic) bond motifs is 9. The molecule has 8 rings (SSSR count). The summed E-state index contributed by atoms with van der Waals surface area (Å²) in [6.45, 7) is 8.42. The largest absolute Gasteiger partial charge is 0.457 e. The fourth-order valence-electron chi connectivity index (χ4n) is 6.83. The van der Waals surface area contributed by atoms with Crippen molar-refractivity contribution < 1.29 is 14.2 Å². The number of aryl methyl sites for hydroxylation is 4. The third-order valence-corrected chi connectivity index (χ3v) is 9.31. The Kier molecular flexibility index (Phi) is 5.92. The van der Waals surface area contributed by atoms with Crippen molar-refractivity contribution in [3.63, 3.8) is 0 Å². The Morgan fingerprint density at radius 1 is 0.409 bits per heavy atom. The molecule has 0 saturated heterocycles. The minimum atomic E-state index is -0.548. The highest BCUT2D eigenvalue weighted by Crippen LogP contribution is 2.62. The molecule has 0 amide bonds. The third kappa shape index (κ3) is 3.96. The third-order valence-electron chi connectivity index (χ3n) is 9.31. The van der Waals surface area contributed by atoms with Crippen LogP contribution in [0.25, 0.3) is 11.1 Å². The summed E-state index contributed by atoms with van der Waals surface area (Å²) in [5.74, 6) is 4.61. The minimum Gasteiger partial charge on any atom is -0.457 e. The Bertz CT molecular complexity index is 1950. The molecular weight excluding hydrogens is 540 g/mol. The molecular formula is C41H32O3. The van der Waals surface area contributed by atoms with Gasteiger partial charge in [-0.3, -0.25) is 0 Å².